The van der Waals surface area contributed by atoms with Gasteiger partial charge in [-0.2, -0.15) is 0 Å². The molecule has 32 heavy (non-hydrogen) atoms. The van der Waals surface area contributed by atoms with E-state index in [1.165, 1.54) is 11.0 Å². The molecular formula is C24H28FN5O2. The van der Waals surface area contributed by atoms with E-state index < -0.39 is 0 Å². The highest BCUT2D eigenvalue weighted by Crippen LogP contribution is 2.31. The smallest absolute Gasteiger partial charge is 0.243 e. The predicted molar refractivity (Wildman–Crippen MR) is 123 cm³/mol. The van der Waals surface area contributed by atoms with Crippen molar-refractivity contribution in [2.75, 3.05) is 33.8 Å². The monoisotopic (exact) mass is 437 g/mol. The van der Waals surface area contributed by atoms with Gasteiger partial charge < -0.3 is 25.3 Å². The van der Waals surface area contributed by atoms with Crippen molar-refractivity contribution in [2.24, 2.45) is 4.99 Å². The predicted octanol–water partition coefficient (Wildman–Crippen LogP) is 3.00. The molecule has 3 aromatic rings. The van der Waals surface area contributed by atoms with Gasteiger partial charge in [0.2, 0.25) is 5.91 Å². The summed E-state index contributed by atoms with van der Waals surface area (Å²) in [5, 5.41) is 7.66. The maximum Gasteiger partial charge on any atom is 0.243 e. The zero-order valence-corrected chi connectivity index (χ0v) is 18.3. The molecule has 7 nitrogen and oxygen atoms in total. The summed E-state index contributed by atoms with van der Waals surface area (Å²) in [6.07, 6.45) is 3.37. The van der Waals surface area contributed by atoms with Crippen LogP contribution in [0.15, 0.2) is 53.7 Å². The number of fused-ring (bicyclic) bond motifs is 2. The van der Waals surface area contributed by atoms with Gasteiger partial charge in [0.1, 0.15) is 18.1 Å². The number of nitrogens with one attached hydrogen (secondary N) is 3. The molecule has 168 valence electrons. The Labute approximate surface area is 186 Å². The molecule has 0 spiro atoms. The minimum absolute atomic E-state index is 0.0304. The fourth-order valence-corrected chi connectivity index (χ4v) is 3.77. The molecule has 1 aliphatic heterocycles. The molecule has 8 heteroatoms. The maximum atomic E-state index is 13.7. The topological polar surface area (TPSA) is 81.8 Å². The Bertz CT molecular complexity index is 1120. The lowest BCUT2D eigenvalue weighted by molar-refractivity contribution is -0.127. The molecule has 2 aromatic carbocycles. The van der Waals surface area contributed by atoms with Crippen LogP contribution in [0.5, 0.6) is 5.75 Å². The highest BCUT2D eigenvalue weighted by molar-refractivity contribution is 5.85. The summed E-state index contributed by atoms with van der Waals surface area (Å²) in [4.78, 5) is 21.3. The first-order valence-corrected chi connectivity index (χ1v) is 10.7. The number of aliphatic imine (C=N–C) groups is 1. The average molecular weight is 438 g/mol. The van der Waals surface area contributed by atoms with E-state index in [0.717, 1.165) is 34.2 Å². The first-order chi connectivity index (χ1) is 15.5. The van der Waals surface area contributed by atoms with Gasteiger partial charge in [-0.3, -0.25) is 4.79 Å². The zero-order chi connectivity index (χ0) is 22.5. The lowest BCUT2D eigenvalue weighted by Gasteiger charge is -2.28. The highest BCUT2D eigenvalue weighted by Gasteiger charge is 2.22. The Morgan fingerprint density at radius 1 is 1.28 bits per heavy atom. The number of para-hydroxylation sites is 1. The third-order valence-corrected chi connectivity index (χ3v) is 5.56. The lowest BCUT2D eigenvalue weighted by Crippen LogP contribution is -2.42. The molecule has 0 radical (unpaired) electrons. The van der Waals surface area contributed by atoms with E-state index >= 15 is 0 Å². The van der Waals surface area contributed by atoms with E-state index in [1.807, 2.05) is 30.5 Å². The summed E-state index contributed by atoms with van der Waals surface area (Å²) in [5.74, 6) is 1.09. The number of aromatic amines is 1. The molecule has 1 amide bonds. The fraction of sp³-hybridized carbons (Fsp3) is 0.333. The van der Waals surface area contributed by atoms with Crippen LogP contribution in [-0.2, 0) is 11.2 Å². The molecule has 0 bridgehead atoms. The summed E-state index contributed by atoms with van der Waals surface area (Å²) in [6, 6.07) is 12.7. The summed E-state index contributed by atoms with van der Waals surface area (Å²) in [6.45, 7) is 1.24. The molecular weight excluding hydrogens is 409 g/mol. The molecule has 0 fully saturated rings. The number of rotatable bonds is 6. The summed E-state index contributed by atoms with van der Waals surface area (Å²) < 4.78 is 19.4. The van der Waals surface area contributed by atoms with Gasteiger partial charge in [-0.15, -0.1) is 0 Å². The fourth-order valence-electron chi connectivity index (χ4n) is 3.77. The Morgan fingerprint density at radius 2 is 2.12 bits per heavy atom. The standard InChI is InChI=1S/C24H28FN5O2/c1-30(2)23(31)15-28-24(29-21-10-12-32-22-6-4-3-5-18(21)22)26-11-9-16-14-27-20-8-7-17(25)13-19(16)20/h3-8,13-14,21,27H,9-12,15H2,1-2H3,(H2,26,28,29). The second-order valence-corrected chi connectivity index (χ2v) is 8.01. The second-order valence-electron chi connectivity index (χ2n) is 8.01. The summed E-state index contributed by atoms with van der Waals surface area (Å²) >= 11 is 0. The Morgan fingerprint density at radius 3 is 2.97 bits per heavy atom. The Kier molecular flexibility index (Phi) is 6.58. The van der Waals surface area contributed by atoms with E-state index in [0.29, 0.717) is 25.5 Å². The van der Waals surface area contributed by atoms with Gasteiger partial charge in [0.05, 0.1) is 12.6 Å². The lowest BCUT2D eigenvalue weighted by atomic mass is 10.0. The highest BCUT2D eigenvalue weighted by atomic mass is 19.1. The van der Waals surface area contributed by atoms with Crippen molar-refractivity contribution in [1.29, 1.82) is 0 Å². The molecule has 4 rings (SSSR count). The molecule has 1 atom stereocenters. The van der Waals surface area contributed by atoms with Crippen molar-refractivity contribution in [1.82, 2.24) is 20.5 Å². The second kappa shape index (κ2) is 9.72. The van der Waals surface area contributed by atoms with Crippen LogP contribution >= 0.6 is 0 Å². The van der Waals surface area contributed by atoms with Crippen molar-refractivity contribution in [3.8, 4) is 5.75 Å². The number of halogens is 1. The van der Waals surface area contributed by atoms with Gasteiger partial charge in [-0.25, -0.2) is 9.38 Å². The summed E-state index contributed by atoms with van der Waals surface area (Å²) in [5.41, 5.74) is 3.00. The van der Waals surface area contributed by atoms with Crippen LogP contribution in [0, 0.1) is 5.82 Å². The van der Waals surface area contributed by atoms with Crippen LogP contribution < -0.4 is 15.4 Å². The van der Waals surface area contributed by atoms with Gasteiger partial charge in [0.15, 0.2) is 5.96 Å². The molecule has 0 saturated heterocycles. The van der Waals surface area contributed by atoms with Crippen LogP contribution in [0.4, 0.5) is 4.39 Å². The minimum atomic E-state index is -0.254. The largest absolute Gasteiger partial charge is 0.493 e. The van der Waals surface area contributed by atoms with E-state index in [2.05, 4.69) is 20.6 Å². The number of nitrogens with zero attached hydrogens (tertiary/aromatic N) is 2. The van der Waals surface area contributed by atoms with E-state index in [9.17, 15) is 9.18 Å². The quantitative estimate of drug-likeness (QED) is 0.409. The number of ether oxygens (including phenoxy) is 1. The van der Waals surface area contributed by atoms with Crippen molar-refractivity contribution in [3.05, 3.63) is 65.6 Å². The summed E-state index contributed by atoms with van der Waals surface area (Å²) in [7, 11) is 3.42. The molecule has 0 aliphatic carbocycles. The first kappa shape index (κ1) is 21.7. The SMILES string of the molecule is CN(C)C(=O)CN=C(NCCc1c[nH]c2ccc(F)cc12)NC1CCOc2ccccc21. The third kappa shape index (κ3) is 5.01. The number of guanidine groups is 1. The van der Waals surface area contributed by atoms with E-state index in [-0.39, 0.29) is 24.3 Å². The van der Waals surface area contributed by atoms with Crippen molar-refractivity contribution in [2.45, 2.75) is 18.9 Å². The Hall–Kier alpha value is -3.55. The zero-order valence-electron chi connectivity index (χ0n) is 18.3. The number of carbonyl (C=O) groups excluding carboxylic acids is 1. The Balaban J connectivity index is 1.46. The molecule has 2 heterocycles. The van der Waals surface area contributed by atoms with Gasteiger partial charge in [0.25, 0.3) is 0 Å². The van der Waals surface area contributed by atoms with Crippen LogP contribution in [0.3, 0.4) is 0 Å². The van der Waals surface area contributed by atoms with Crippen molar-refractivity contribution < 1.29 is 13.9 Å². The van der Waals surface area contributed by atoms with Gasteiger partial charge in [0, 0.05) is 49.7 Å². The number of hydrogen-bond donors (Lipinski definition) is 3. The van der Waals surface area contributed by atoms with Crippen LogP contribution in [0.2, 0.25) is 0 Å². The first-order valence-electron chi connectivity index (χ1n) is 10.7. The van der Waals surface area contributed by atoms with Gasteiger partial charge in [-0.05, 0) is 36.2 Å². The van der Waals surface area contributed by atoms with Crippen LogP contribution in [-0.4, -0.2) is 55.5 Å². The molecule has 1 unspecified atom stereocenters. The normalized spacial score (nSPS) is 15.7. The number of aromatic nitrogens is 1. The number of H-pyrrole nitrogens is 1. The molecule has 1 aliphatic rings. The molecule has 1 aromatic heterocycles. The van der Waals surface area contributed by atoms with E-state index in [4.69, 9.17) is 4.74 Å². The van der Waals surface area contributed by atoms with Gasteiger partial charge in [-0.1, -0.05) is 18.2 Å². The number of likely N-dealkylation sites (N-methyl/N-ethyl adjacent to an activating group) is 1. The third-order valence-electron chi connectivity index (χ3n) is 5.56. The average Bonchev–Trinajstić information content (AvgIpc) is 3.19. The van der Waals surface area contributed by atoms with E-state index in [1.54, 1.807) is 26.2 Å². The molecule has 3 N–H and O–H groups in total. The molecule has 0 saturated carbocycles. The van der Waals surface area contributed by atoms with Gasteiger partial charge >= 0.3 is 0 Å². The van der Waals surface area contributed by atoms with Crippen molar-refractivity contribution >= 4 is 22.8 Å². The number of amides is 1. The minimum Gasteiger partial charge on any atom is -0.493 e. The number of benzene rings is 2. The van der Waals surface area contributed by atoms with Crippen LogP contribution in [0.1, 0.15) is 23.6 Å². The van der Waals surface area contributed by atoms with Crippen LogP contribution in [0.25, 0.3) is 10.9 Å². The number of carbonyl (C=O) groups is 1. The van der Waals surface area contributed by atoms with Crippen molar-refractivity contribution in [3.63, 3.8) is 0 Å². The number of hydrogen-bond acceptors (Lipinski definition) is 3. The maximum absolute atomic E-state index is 13.7.